The number of aromatic carboxylic acids is 1. The van der Waals surface area contributed by atoms with Gasteiger partial charge in [-0.2, -0.15) is 5.10 Å². The van der Waals surface area contributed by atoms with Crippen LogP contribution in [0.5, 0.6) is 0 Å². The van der Waals surface area contributed by atoms with Crippen molar-refractivity contribution in [2.24, 2.45) is 0 Å². The van der Waals surface area contributed by atoms with E-state index in [9.17, 15) is 9.90 Å². The molecule has 112 valence electrons. The van der Waals surface area contributed by atoms with Gasteiger partial charge in [-0.3, -0.25) is 0 Å². The lowest BCUT2D eigenvalue weighted by Gasteiger charge is -2.13. The molecule has 0 amide bonds. The fraction of sp³-hybridized carbons (Fsp3) is 0.235. The van der Waals surface area contributed by atoms with Crippen LogP contribution in [0.25, 0.3) is 16.9 Å². The van der Waals surface area contributed by atoms with Gasteiger partial charge in [-0.25, -0.2) is 14.3 Å². The van der Waals surface area contributed by atoms with Gasteiger partial charge in [0.2, 0.25) is 0 Å². The first-order valence-corrected chi connectivity index (χ1v) is 7.06. The average Bonchev–Trinajstić information content (AvgIpc) is 2.91. The zero-order valence-electron chi connectivity index (χ0n) is 12.7. The number of nitrogens with zero attached hydrogens (tertiary/aromatic N) is 3. The summed E-state index contributed by atoms with van der Waals surface area (Å²) in [6.07, 6.45) is 0. The molecule has 5 nitrogen and oxygen atoms in total. The third-order valence-corrected chi connectivity index (χ3v) is 3.48. The molecule has 3 aromatic rings. The molecule has 0 unspecified atom stereocenters. The molecule has 5 heteroatoms. The lowest BCUT2D eigenvalue weighted by atomic mass is 9.93. The summed E-state index contributed by atoms with van der Waals surface area (Å²) in [5.41, 5.74) is 2.93. The van der Waals surface area contributed by atoms with Crippen LogP contribution >= 0.6 is 0 Å². The second-order valence-corrected chi connectivity index (χ2v) is 6.25. The Labute approximate surface area is 128 Å². The van der Waals surface area contributed by atoms with E-state index in [-0.39, 0.29) is 11.1 Å². The fourth-order valence-corrected chi connectivity index (χ4v) is 2.27. The molecule has 0 saturated heterocycles. The highest BCUT2D eigenvalue weighted by atomic mass is 16.4. The van der Waals surface area contributed by atoms with Crippen LogP contribution in [0.2, 0.25) is 0 Å². The summed E-state index contributed by atoms with van der Waals surface area (Å²) in [4.78, 5) is 15.5. The monoisotopic (exact) mass is 295 g/mol. The van der Waals surface area contributed by atoms with Crippen LogP contribution in [0.1, 0.15) is 37.0 Å². The van der Waals surface area contributed by atoms with Gasteiger partial charge in [0.25, 0.3) is 0 Å². The van der Waals surface area contributed by atoms with E-state index in [0.717, 1.165) is 17.0 Å². The van der Waals surface area contributed by atoms with Crippen molar-refractivity contribution in [2.45, 2.75) is 26.2 Å². The van der Waals surface area contributed by atoms with Crippen molar-refractivity contribution in [3.05, 3.63) is 53.9 Å². The van der Waals surface area contributed by atoms with Crippen molar-refractivity contribution >= 4 is 11.6 Å². The first-order chi connectivity index (χ1) is 10.4. The Bertz CT molecular complexity index is 845. The largest absolute Gasteiger partial charge is 0.477 e. The zero-order chi connectivity index (χ0) is 15.9. The van der Waals surface area contributed by atoms with Gasteiger partial charge in [0.15, 0.2) is 11.3 Å². The van der Waals surface area contributed by atoms with Gasteiger partial charge in [-0.15, -0.1) is 0 Å². The lowest BCUT2D eigenvalue weighted by molar-refractivity contribution is 0.0690. The molecule has 1 N–H and O–H groups in total. The molecule has 2 aromatic heterocycles. The Balaban J connectivity index is 2.33. The van der Waals surface area contributed by atoms with E-state index in [4.69, 9.17) is 0 Å². The molecule has 0 atom stereocenters. The van der Waals surface area contributed by atoms with Crippen LogP contribution in [0.15, 0.2) is 42.5 Å². The summed E-state index contributed by atoms with van der Waals surface area (Å²) in [6, 6.07) is 13.0. The van der Waals surface area contributed by atoms with E-state index in [1.54, 1.807) is 10.6 Å². The molecule has 0 saturated carbocycles. The molecule has 0 aliphatic heterocycles. The quantitative estimate of drug-likeness (QED) is 0.787. The number of hydrogen-bond acceptors (Lipinski definition) is 3. The summed E-state index contributed by atoms with van der Waals surface area (Å²) in [6.45, 7) is 6.19. The number of hydrogen-bond donors (Lipinski definition) is 1. The number of fused-ring (bicyclic) bond motifs is 1. The van der Waals surface area contributed by atoms with E-state index >= 15 is 0 Å². The summed E-state index contributed by atoms with van der Waals surface area (Å²) in [5, 5.41) is 13.9. The second-order valence-electron chi connectivity index (χ2n) is 6.25. The molecule has 0 aliphatic carbocycles. The van der Waals surface area contributed by atoms with Crippen LogP contribution in [0.3, 0.4) is 0 Å². The van der Waals surface area contributed by atoms with Gasteiger partial charge in [0.1, 0.15) is 0 Å². The third-order valence-electron chi connectivity index (χ3n) is 3.48. The molecular formula is C17H17N3O2. The highest BCUT2D eigenvalue weighted by Gasteiger charge is 2.21. The molecular weight excluding hydrogens is 278 g/mol. The maximum atomic E-state index is 11.3. The molecule has 1 aromatic carbocycles. The molecule has 0 bridgehead atoms. The minimum Gasteiger partial charge on any atom is -0.477 e. The summed E-state index contributed by atoms with van der Waals surface area (Å²) >= 11 is 0. The van der Waals surface area contributed by atoms with Gasteiger partial charge >= 0.3 is 5.97 Å². The minimum atomic E-state index is -1.04. The standard InChI is InChI=1S/C17H17N3O2/c1-17(2,3)14-10-15-18-12(16(21)22)9-13(20(15)19-14)11-7-5-4-6-8-11/h4-10H,1-3H3,(H,21,22). The Morgan fingerprint density at radius 2 is 1.82 bits per heavy atom. The number of carboxylic acid groups (broad SMARTS) is 1. The van der Waals surface area contributed by atoms with Crippen molar-refractivity contribution in [3.8, 4) is 11.3 Å². The van der Waals surface area contributed by atoms with Crippen molar-refractivity contribution in [1.82, 2.24) is 14.6 Å². The molecule has 22 heavy (non-hydrogen) atoms. The predicted molar refractivity (Wildman–Crippen MR) is 84.1 cm³/mol. The van der Waals surface area contributed by atoms with Crippen molar-refractivity contribution in [1.29, 1.82) is 0 Å². The second kappa shape index (κ2) is 4.94. The highest BCUT2D eigenvalue weighted by Crippen LogP contribution is 2.26. The van der Waals surface area contributed by atoms with Crippen LogP contribution in [-0.2, 0) is 5.41 Å². The minimum absolute atomic E-state index is 0.0201. The average molecular weight is 295 g/mol. The van der Waals surface area contributed by atoms with Crippen LogP contribution in [0, 0.1) is 0 Å². The highest BCUT2D eigenvalue weighted by molar-refractivity contribution is 5.87. The van der Waals surface area contributed by atoms with Crippen LogP contribution in [0.4, 0.5) is 0 Å². The zero-order valence-corrected chi connectivity index (χ0v) is 12.7. The first-order valence-electron chi connectivity index (χ1n) is 7.06. The Morgan fingerprint density at radius 1 is 1.14 bits per heavy atom. The summed E-state index contributed by atoms with van der Waals surface area (Å²) in [5.74, 6) is -1.04. The van der Waals surface area contributed by atoms with E-state index in [0.29, 0.717) is 5.65 Å². The Morgan fingerprint density at radius 3 is 2.41 bits per heavy atom. The molecule has 0 spiro atoms. The number of benzene rings is 1. The van der Waals surface area contributed by atoms with Gasteiger partial charge in [0.05, 0.1) is 11.4 Å². The Kier molecular flexibility index (Phi) is 3.20. The number of rotatable bonds is 2. The number of carbonyl (C=O) groups is 1. The molecule has 3 rings (SSSR count). The Hall–Kier alpha value is -2.69. The maximum Gasteiger partial charge on any atom is 0.354 e. The van der Waals surface area contributed by atoms with Gasteiger partial charge in [-0.05, 0) is 6.07 Å². The lowest BCUT2D eigenvalue weighted by Crippen LogP contribution is -2.12. The van der Waals surface area contributed by atoms with E-state index in [2.05, 4.69) is 30.9 Å². The van der Waals surface area contributed by atoms with Gasteiger partial charge < -0.3 is 5.11 Å². The summed E-state index contributed by atoms with van der Waals surface area (Å²) < 4.78 is 1.71. The van der Waals surface area contributed by atoms with Crippen molar-refractivity contribution in [2.75, 3.05) is 0 Å². The topological polar surface area (TPSA) is 67.5 Å². The van der Waals surface area contributed by atoms with E-state index < -0.39 is 5.97 Å². The maximum absolute atomic E-state index is 11.3. The molecule has 2 heterocycles. The fourth-order valence-electron chi connectivity index (χ4n) is 2.27. The molecule has 0 fully saturated rings. The molecule has 0 radical (unpaired) electrons. The SMILES string of the molecule is CC(C)(C)c1cc2nc(C(=O)O)cc(-c3ccccc3)n2n1. The van der Waals surface area contributed by atoms with Crippen molar-refractivity contribution in [3.63, 3.8) is 0 Å². The predicted octanol–water partition coefficient (Wildman–Crippen LogP) is 3.39. The van der Waals surface area contributed by atoms with Crippen molar-refractivity contribution < 1.29 is 9.90 Å². The smallest absolute Gasteiger partial charge is 0.354 e. The number of aromatic nitrogens is 3. The third kappa shape index (κ3) is 2.45. The van der Waals surface area contributed by atoms with E-state index in [1.165, 1.54) is 0 Å². The van der Waals surface area contributed by atoms with Crippen LogP contribution in [-0.4, -0.2) is 25.7 Å². The molecule has 0 aliphatic rings. The normalized spacial score (nSPS) is 11.8. The number of carboxylic acids is 1. The summed E-state index contributed by atoms with van der Waals surface area (Å²) in [7, 11) is 0. The van der Waals surface area contributed by atoms with Gasteiger partial charge in [0, 0.05) is 17.0 Å². The first kappa shape index (κ1) is 14.3. The van der Waals surface area contributed by atoms with Gasteiger partial charge in [-0.1, -0.05) is 51.1 Å². The van der Waals surface area contributed by atoms with Crippen LogP contribution < -0.4 is 0 Å². The van der Waals surface area contributed by atoms with E-state index in [1.807, 2.05) is 36.4 Å².